The Morgan fingerprint density at radius 1 is 0.438 bits per heavy atom. The molecule has 2 heterocycles. The van der Waals surface area contributed by atoms with E-state index in [2.05, 4.69) is 160 Å². The van der Waals surface area contributed by atoms with E-state index >= 15 is 0 Å². The van der Waals surface area contributed by atoms with E-state index in [9.17, 15) is 0 Å². The number of para-hydroxylation sites is 3. The number of benzene rings is 7. The summed E-state index contributed by atoms with van der Waals surface area (Å²) in [7, 11) is 0. The molecule has 48 heavy (non-hydrogen) atoms. The third-order valence-corrected chi connectivity index (χ3v) is 8.88. The molecule has 0 aliphatic carbocycles. The van der Waals surface area contributed by atoms with Crippen molar-refractivity contribution in [1.29, 1.82) is 0 Å². The molecular weight excluding hydrogens is 756 g/mol. The van der Waals surface area contributed by atoms with Gasteiger partial charge in [-0.3, -0.25) is 0 Å². The predicted molar refractivity (Wildman–Crippen MR) is 198 cm³/mol. The zero-order chi connectivity index (χ0) is 31.6. The van der Waals surface area contributed by atoms with E-state index < -0.39 is 0 Å². The van der Waals surface area contributed by atoms with Gasteiger partial charge < -0.3 is 20.4 Å². The maximum Gasteiger partial charge on any atom is 0.0541 e. The van der Waals surface area contributed by atoms with Crippen molar-refractivity contribution in [3.05, 3.63) is 187 Å². The van der Waals surface area contributed by atoms with E-state index in [-0.39, 0.29) is 21.1 Å². The molecule has 9 rings (SSSR count). The van der Waals surface area contributed by atoms with Crippen molar-refractivity contribution >= 4 is 49.3 Å². The summed E-state index contributed by atoms with van der Waals surface area (Å²) in [6, 6.07) is 62.1. The van der Waals surface area contributed by atoms with Crippen molar-refractivity contribution in [3.63, 3.8) is 0 Å². The summed E-state index contributed by atoms with van der Waals surface area (Å²) in [5.41, 5.74) is 14.3. The zero-order valence-electron chi connectivity index (χ0n) is 26.3. The van der Waals surface area contributed by atoms with Gasteiger partial charge in [0.1, 0.15) is 0 Å². The molecule has 0 aliphatic heterocycles. The van der Waals surface area contributed by atoms with Gasteiger partial charge in [-0.15, -0.1) is 5.69 Å². The van der Waals surface area contributed by atoms with Gasteiger partial charge in [0, 0.05) is 65.9 Å². The molecule has 0 spiro atoms. The second-order valence-corrected chi connectivity index (χ2v) is 11.7. The molecule has 2 aromatic heterocycles. The average molecular weight is 790 g/mol. The molecule has 232 valence electrons. The Morgan fingerprint density at radius 3 is 1.52 bits per heavy atom. The molecule has 0 unspecified atom stereocenters. The van der Waals surface area contributed by atoms with E-state index in [4.69, 9.17) is 5.84 Å². The maximum atomic E-state index is 4.97. The molecule has 5 heteroatoms. The van der Waals surface area contributed by atoms with Gasteiger partial charge in [0.15, 0.2) is 0 Å². The fraction of sp³-hybridized carbons (Fsp3) is 0.0233. The Labute approximate surface area is 294 Å². The monoisotopic (exact) mass is 789 g/mol. The summed E-state index contributed by atoms with van der Waals surface area (Å²) in [6.45, 7) is 0.856. The minimum absolute atomic E-state index is 0. The Hall–Kier alpha value is -5.41. The van der Waals surface area contributed by atoms with Gasteiger partial charge in [-0.1, -0.05) is 127 Å². The molecule has 0 fully saturated rings. The van der Waals surface area contributed by atoms with Crippen molar-refractivity contribution in [2.45, 2.75) is 6.54 Å². The van der Waals surface area contributed by atoms with Crippen LogP contribution in [0.5, 0.6) is 0 Å². The van der Waals surface area contributed by atoms with Crippen molar-refractivity contribution in [1.82, 2.24) is 9.13 Å². The van der Waals surface area contributed by atoms with Gasteiger partial charge in [0.2, 0.25) is 0 Å². The van der Waals surface area contributed by atoms with Crippen LogP contribution in [0.1, 0.15) is 5.56 Å². The summed E-state index contributed by atoms with van der Waals surface area (Å²) in [5, 5.41) is 5.15. The summed E-state index contributed by atoms with van der Waals surface area (Å²) < 4.78 is 4.81. The largest absolute Gasteiger partial charge is 0.625 e. The van der Waals surface area contributed by atoms with Gasteiger partial charge in [-0.25, -0.2) is 0 Å². The van der Waals surface area contributed by atoms with Crippen LogP contribution in [0.25, 0.3) is 65.9 Å². The molecule has 0 aliphatic rings. The molecular formula is C43H33N4W-. The van der Waals surface area contributed by atoms with Crippen LogP contribution >= 0.6 is 0 Å². The summed E-state index contributed by atoms with van der Waals surface area (Å²) >= 11 is 0. The molecule has 0 atom stereocenters. The first-order chi connectivity index (χ1) is 23.3. The van der Waals surface area contributed by atoms with E-state index in [1.807, 2.05) is 30.3 Å². The maximum absolute atomic E-state index is 4.97. The number of hydrogen-bond donors (Lipinski definition) is 1. The van der Waals surface area contributed by atoms with Crippen LogP contribution in [0.15, 0.2) is 176 Å². The van der Waals surface area contributed by atoms with Crippen molar-refractivity contribution < 1.29 is 21.1 Å². The number of nitrogens with two attached hydrogens (primary N) is 1. The second-order valence-electron chi connectivity index (χ2n) is 11.7. The number of nitrogens with zero attached hydrogens (tertiary/aromatic N) is 3. The number of rotatable bonds is 5. The molecule has 0 radical (unpaired) electrons. The standard InChI is InChI=1S/C37H26N2.C6H7N2.W/c1-3-11-26(12-4-1)25-38-34-17-9-7-15-30(34)32-23-27(19-21-35(32)38)28-20-22-37-33(24-28)31-16-8-10-18-36(31)39(37)29-13-5-2-6-14-29;7-8-6-4-2-1-3-5-6;/h1-24H,25H2;1-5H,7H2;/q;-1;. The van der Waals surface area contributed by atoms with Crippen LogP contribution in [-0.4, -0.2) is 9.13 Å². The minimum Gasteiger partial charge on any atom is -0.625 e. The molecule has 4 nitrogen and oxygen atoms in total. The molecule has 0 saturated heterocycles. The predicted octanol–water partition coefficient (Wildman–Crippen LogP) is 11.2. The van der Waals surface area contributed by atoms with Gasteiger partial charge in [0.05, 0.1) is 11.0 Å². The van der Waals surface area contributed by atoms with E-state index in [0.29, 0.717) is 0 Å². The van der Waals surface area contributed by atoms with Crippen LogP contribution in [-0.2, 0) is 27.6 Å². The van der Waals surface area contributed by atoms with Gasteiger partial charge in [0.25, 0.3) is 0 Å². The quantitative estimate of drug-likeness (QED) is 0.137. The number of hydrogen-bond acceptors (Lipinski definition) is 1. The fourth-order valence-corrected chi connectivity index (χ4v) is 6.69. The van der Waals surface area contributed by atoms with Crippen LogP contribution in [0.2, 0.25) is 0 Å². The number of aromatic nitrogens is 2. The van der Waals surface area contributed by atoms with Crippen LogP contribution in [0.3, 0.4) is 0 Å². The second kappa shape index (κ2) is 13.8. The van der Waals surface area contributed by atoms with Crippen molar-refractivity contribution in [2.24, 2.45) is 5.84 Å². The molecule has 0 bridgehead atoms. The van der Waals surface area contributed by atoms with E-state index in [1.54, 1.807) is 0 Å². The molecule has 0 amide bonds. The summed E-state index contributed by atoms with van der Waals surface area (Å²) in [4.78, 5) is 0. The fourth-order valence-electron chi connectivity index (χ4n) is 6.69. The Bertz CT molecular complexity index is 2460. The first-order valence-corrected chi connectivity index (χ1v) is 15.9. The van der Waals surface area contributed by atoms with Gasteiger partial charge in [-0.05, 0) is 65.2 Å². The molecule has 9 aromatic rings. The Morgan fingerprint density at radius 2 is 0.896 bits per heavy atom. The van der Waals surface area contributed by atoms with Crippen LogP contribution in [0.4, 0.5) is 5.69 Å². The summed E-state index contributed by atoms with van der Waals surface area (Å²) in [6.07, 6.45) is 0. The van der Waals surface area contributed by atoms with Crippen molar-refractivity contribution in [2.75, 3.05) is 0 Å². The van der Waals surface area contributed by atoms with Gasteiger partial charge in [-0.2, -0.15) is 0 Å². The topological polar surface area (TPSA) is 50.0 Å². The average Bonchev–Trinajstić information content (AvgIpc) is 3.65. The molecule has 2 N–H and O–H groups in total. The molecule has 7 aromatic carbocycles. The summed E-state index contributed by atoms with van der Waals surface area (Å²) in [5.74, 6) is 4.97. The van der Waals surface area contributed by atoms with Gasteiger partial charge >= 0.3 is 0 Å². The first-order valence-electron chi connectivity index (χ1n) is 15.9. The molecule has 0 saturated carbocycles. The van der Waals surface area contributed by atoms with Crippen LogP contribution in [0, 0.1) is 0 Å². The smallest absolute Gasteiger partial charge is 0.0541 e. The third kappa shape index (κ3) is 5.82. The van der Waals surface area contributed by atoms with E-state index in [0.717, 1.165) is 12.2 Å². The third-order valence-electron chi connectivity index (χ3n) is 8.88. The Kier molecular flexibility index (Phi) is 8.94. The van der Waals surface area contributed by atoms with E-state index in [1.165, 1.54) is 66.0 Å². The Balaban J connectivity index is 0.000000358. The van der Waals surface area contributed by atoms with Crippen LogP contribution < -0.4 is 5.84 Å². The first kappa shape index (κ1) is 31.2. The van der Waals surface area contributed by atoms with Crippen molar-refractivity contribution in [3.8, 4) is 16.8 Å². The zero-order valence-corrected chi connectivity index (χ0v) is 29.2. The normalized spacial score (nSPS) is 10.9. The minimum atomic E-state index is 0. The SMILES string of the molecule is N[N-]c1ccccc1.[W].c1ccc(Cn2c3ccccc3c3cc(-c4ccc5c(c4)c4ccccc4n5-c4ccccc4)ccc32)cc1. The number of fused-ring (bicyclic) bond motifs is 6.